The Morgan fingerprint density at radius 1 is 0.784 bits per heavy atom. The molecular weight excluding hydrogens is 491 g/mol. The van der Waals surface area contributed by atoms with Gasteiger partial charge in [0.15, 0.2) is 11.6 Å². The number of benzene rings is 2. The molecule has 0 aliphatic heterocycles. The fourth-order valence-electron chi connectivity index (χ4n) is 4.04. The highest BCUT2D eigenvalue weighted by atomic mass is 19.4. The van der Waals surface area contributed by atoms with E-state index in [-0.39, 0.29) is 12.0 Å². The van der Waals surface area contributed by atoms with E-state index in [4.69, 9.17) is 9.47 Å². The highest BCUT2D eigenvalue weighted by Gasteiger charge is 2.38. The van der Waals surface area contributed by atoms with E-state index in [0.717, 1.165) is 44.6 Å². The van der Waals surface area contributed by atoms with Crippen LogP contribution in [0.2, 0.25) is 0 Å². The van der Waals surface area contributed by atoms with Crippen molar-refractivity contribution in [2.75, 3.05) is 13.2 Å². The van der Waals surface area contributed by atoms with Crippen LogP contribution in [-0.4, -0.2) is 25.4 Å². The number of halogens is 5. The van der Waals surface area contributed by atoms with Crippen LogP contribution in [0.4, 0.5) is 22.0 Å². The molecule has 0 spiro atoms. The van der Waals surface area contributed by atoms with Gasteiger partial charge in [-0.15, -0.1) is 0 Å². The molecule has 0 aliphatic rings. The summed E-state index contributed by atoms with van der Waals surface area (Å²) in [6.45, 7) is 4.14. The first-order chi connectivity index (χ1) is 17.7. The average molecular weight is 529 g/mol. The number of hydrogen-bond donors (Lipinski definition) is 0. The van der Waals surface area contributed by atoms with E-state index < -0.39 is 48.3 Å². The highest BCUT2D eigenvalue weighted by Crippen LogP contribution is 2.33. The lowest BCUT2D eigenvalue weighted by atomic mass is 9.97. The second-order valence-electron chi connectivity index (χ2n) is 9.23. The largest absolute Gasteiger partial charge is 0.494 e. The lowest BCUT2D eigenvalue weighted by Crippen LogP contribution is -2.25. The third-order valence-electron chi connectivity index (χ3n) is 6.30. The van der Waals surface area contributed by atoms with Crippen LogP contribution in [0, 0.1) is 17.6 Å². The molecule has 0 saturated heterocycles. The lowest BCUT2D eigenvalue weighted by Gasteiger charge is -2.20. The zero-order valence-corrected chi connectivity index (χ0v) is 21.6. The standard InChI is InChI=1S/C29H37F5O3/c1-3-5-7-9-11-22(29(32,33)34)18-20-37-28(35)25-17-16-24(26(30)27(25)31)21-12-14-23(15-13-21)36-19-10-8-6-4-2/h12-17,22H,3-11,18-20H2,1-2H3. The molecule has 0 aliphatic carbocycles. The zero-order chi connectivity index (χ0) is 27.3. The number of alkyl halides is 3. The predicted octanol–water partition coefficient (Wildman–Crippen LogP) is 9.29. The van der Waals surface area contributed by atoms with Crippen LogP contribution < -0.4 is 4.74 Å². The Labute approximate surface area is 216 Å². The fourth-order valence-corrected chi connectivity index (χ4v) is 4.04. The summed E-state index contributed by atoms with van der Waals surface area (Å²) in [5.41, 5.74) is -0.307. The fraction of sp³-hybridized carbons (Fsp3) is 0.552. The summed E-state index contributed by atoms with van der Waals surface area (Å²) < 4.78 is 79.8. The molecule has 37 heavy (non-hydrogen) atoms. The Balaban J connectivity index is 1.96. The number of unbranched alkanes of at least 4 members (excludes halogenated alkanes) is 6. The van der Waals surface area contributed by atoms with Gasteiger partial charge in [0.2, 0.25) is 0 Å². The quantitative estimate of drug-likeness (QED) is 0.124. The Kier molecular flexibility index (Phi) is 12.9. The van der Waals surface area contributed by atoms with Gasteiger partial charge in [-0.05, 0) is 43.0 Å². The summed E-state index contributed by atoms with van der Waals surface area (Å²) in [6, 6.07) is 8.84. The van der Waals surface area contributed by atoms with Crippen molar-refractivity contribution in [2.45, 2.75) is 84.2 Å². The molecule has 2 aromatic carbocycles. The minimum absolute atomic E-state index is 0.0484. The van der Waals surface area contributed by atoms with Crippen molar-refractivity contribution in [1.82, 2.24) is 0 Å². The van der Waals surface area contributed by atoms with E-state index >= 15 is 0 Å². The molecule has 1 atom stereocenters. The van der Waals surface area contributed by atoms with Crippen LogP contribution in [0.15, 0.2) is 36.4 Å². The molecule has 0 amide bonds. The van der Waals surface area contributed by atoms with E-state index in [0.29, 0.717) is 30.8 Å². The number of esters is 1. The van der Waals surface area contributed by atoms with Crippen molar-refractivity contribution < 1.29 is 36.2 Å². The maximum atomic E-state index is 14.8. The minimum atomic E-state index is -4.41. The normalized spacial score (nSPS) is 12.4. The van der Waals surface area contributed by atoms with Gasteiger partial charge in [0.1, 0.15) is 5.75 Å². The maximum absolute atomic E-state index is 14.8. The predicted molar refractivity (Wildman–Crippen MR) is 135 cm³/mol. The summed E-state index contributed by atoms with van der Waals surface area (Å²) in [5.74, 6) is -4.81. The van der Waals surface area contributed by atoms with Crippen LogP contribution in [0.25, 0.3) is 11.1 Å². The molecule has 0 aromatic heterocycles. The number of hydrogen-bond acceptors (Lipinski definition) is 3. The Bertz CT molecular complexity index is 957. The van der Waals surface area contributed by atoms with Gasteiger partial charge in [-0.3, -0.25) is 0 Å². The first-order valence-corrected chi connectivity index (χ1v) is 13.1. The van der Waals surface area contributed by atoms with Gasteiger partial charge in [0.05, 0.1) is 24.7 Å². The number of carbonyl (C=O) groups is 1. The second kappa shape index (κ2) is 15.6. The number of rotatable bonds is 16. The molecule has 8 heteroatoms. The average Bonchev–Trinajstić information content (AvgIpc) is 2.86. The molecule has 0 radical (unpaired) electrons. The molecule has 0 bridgehead atoms. The van der Waals surface area contributed by atoms with Gasteiger partial charge in [-0.2, -0.15) is 13.2 Å². The number of ether oxygens (including phenoxy) is 2. The molecule has 206 valence electrons. The maximum Gasteiger partial charge on any atom is 0.391 e. The molecule has 0 N–H and O–H groups in total. The van der Waals surface area contributed by atoms with Gasteiger partial charge in [-0.25, -0.2) is 13.6 Å². The molecule has 0 heterocycles. The topological polar surface area (TPSA) is 35.5 Å². The molecule has 2 aromatic rings. The molecule has 0 saturated carbocycles. The van der Waals surface area contributed by atoms with E-state index in [2.05, 4.69) is 6.92 Å². The van der Waals surface area contributed by atoms with Crippen LogP contribution >= 0.6 is 0 Å². The van der Waals surface area contributed by atoms with E-state index in [1.54, 1.807) is 24.3 Å². The highest BCUT2D eigenvalue weighted by molar-refractivity contribution is 5.90. The van der Waals surface area contributed by atoms with Crippen LogP contribution in [0.3, 0.4) is 0 Å². The SMILES string of the molecule is CCCCCCOc1ccc(-c2ccc(C(=O)OCCC(CCCCCC)C(F)(F)F)c(F)c2F)cc1. The summed E-state index contributed by atoms with van der Waals surface area (Å²) in [7, 11) is 0. The van der Waals surface area contributed by atoms with Gasteiger partial charge in [-0.1, -0.05) is 77.0 Å². The van der Waals surface area contributed by atoms with Crippen LogP contribution in [0.5, 0.6) is 5.75 Å². The van der Waals surface area contributed by atoms with Crippen molar-refractivity contribution in [3.05, 3.63) is 53.6 Å². The van der Waals surface area contributed by atoms with Crippen molar-refractivity contribution in [3.8, 4) is 16.9 Å². The van der Waals surface area contributed by atoms with Crippen molar-refractivity contribution in [2.24, 2.45) is 5.92 Å². The third-order valence-corrected chi connectivity index (χ3v) is 6.30. The summed E-state index contributed by atoms with van der Waals surface area (Å²) in [5, 5.41) is 0. The molecule has 3 nitrogen and oxygen atoms in total. The Morgan fingerprint density at radius 2 is 1.43 bits per heavy atom. The first kappa shape index (κ1) is 30.6. The second-order valence-corrected chi connectivity index (χ2v) is 9.23. The Morgan fingerprint density at radius 3 is 2.05 bits per heavy atom. The van der Waals surface area contributed by atoms with Gasteiger partial charge >= 0.3 is 12.1 Å². The van der Waals surface area contributed by atoms with Crippen molar-refractivity contribution in [1.29, 1.82) is 0 Å². The van der Waals surface area contributed by atoms with Gasteiger partial charge in [0, 0.05) is 5.56 Å². The van der Waals surface area contributed by atoms with E-state index in [1.165, 1.54) is 6.07 Å². The Hall–Kier alpha value is -2.64. The lowest BCUT2D eigenvalue weighted by molar-refractivity contribution is -0.180. The molecular formula is C29H37F5O3. The third kappa shape index (κ3) is 9.97. The van der Waals surface area contributed by atoms with Crippen LogP contribution in [-0.2, 0) is 4.74 Å². The summed E-state index contributed by atoms with van der Waals surface area (Å²) >= 11 is 0. The molecule has 2 rings (SSSR count). The monoisotopic (exact) mass is 528 g/mol. The molecule has 1 unspecified atom stereocenters. The van der Waals surface area contributed by atoms with Crippen LogP contribution in [0.1, 0.15) is 88.4 Å². The van der Waals surface area contributed by atoms with Crippen molar-refractivity contribution >= 4 is 5.97 Å². The summed E-state index contributed by atoms with van der Waals surface area (Å²) in [6.07, 6.45) is 2.30. The minimum Gasteiger partial charge on any atom is -0.494 e. The van der Waals surface area contributed by atoms with Crippen molar-refractivity contribution in [3.63, 3.8) is 0 Å². The number of carbonyl (C=O) groups excluding carboxylic acids is 1. The van der Waals surface area contributed by atoms with E-state index in [1.807, 2.05) is 6.92 Å². The molecule has 0 fully saturated rings. The zero-order valence-electron chi connectivity index (χ0n) is 21.6. The van der Waals surface area contributed by atoms with E-state index in [9.17, 15) is 26.7 Å². The van der Waals surface area contributed by atoms with Gasteiger partial charge < -0.3 is 9.47 Å². The van der Waals surface area contributed by atoms with Gasteiger partial charge in [0.25, 0.3) is 0 Å². The summed E-state index contributed by atoms with van der Waals surface area (Å²) in [4.78, 5) is 12.3. The first-order valence-electron chi connectivity index (χ1n) is 13.1. The smallest absolute Gasteiger partial charge is 0.391 e.